The van der Waals surface area contributed by atoms with Gasteiger partial charge in [-0.05, 0) is 31.6 Å². The van der Waals surface area contributed by atoms with E-state index in [2.05, 4.69) is 5.32 Å². The number of amidine groups is 1. The smallest absolute Gasteiger partial charge is 0.157 e. The lowest BCUT2D eigenvalue weighted by Gasteiger charge is -2.22. The van der Waals surface area contributed by atoms with E-state index in [1.807, 2.05) is 11.8 Å². The van der Waals surface area contributed by atoms with Gasteiger partial charge in [-0.25, -0.2) is 0 Å². The maximum atomic E-state index is 5.38. The maximum absolute atomic E-state index is 5.38. The summed E-state index contributed by atoms with van der Waals surface area (Å²) in [6.07, 6.45) is 7.84. The van der Waals surface area contributed by atoms with Gasteiger partial charge in [0.2, 0.25) is 0 Å². The highest BCUT2D eigenvalue weighted by Gasteiger charge is 2.39. The van der Waals surface area contributed by atoms with Gasteiger partial charge in [0.15, 0.2) is 5.17 Å². The Hall–Kier alpha value is -0.220. The van der Waals surface area contributed by atoms with Gasteiger partial charge in [-0.15, -0.1) is 0 Å². The molecule has 0 aromatic rings. The number of aliphatic imine (C=N–C) groups is 1. The Morgan fingerprint density at radius 1 is 1.29 bits per heavy atom. The highest BCUT2D eigenvalue weighted by Crippen LogP contribution is 2.37. The summed E-state index contributed by atoms with van der Waals surface area (Å²) in [6, 6.07) is 0. The Labute approximate surface area is 108 Å². The van der Waals surface area contributed by atoms with Crippen molar-refractivity contribution < 1.29 is 4.74 Å². The molecule has 0 radical (unpaired) electrons. The number of nitrogens with one attached hydrogen (secondary N) is 1. The predicted octanol–water partition coefficient (Wildman–Crippen LogP) is 2.42. The molecule has 0 aromatic carbocycles. The lowest BCUT2D eigenvalue weighted by Crippen LogP contribution is -2.40. The summed E-state index contributed by atoms with van der Waals surface area (Å²) in [6.45, 7) is 2.86. The summed E-state index contributed by atoms with van der Waals surface area (Å²) in [5.74, 6) is 1.98. The third-order valence-electron chi connectivity index (χ3n) is 4.25. The highest BCUT2D eigenvalue weighted by molar-refractivity contribution is 8.14. The van der Waals surface area contributed by atoms with Crippen molar-refractivity contribution in [3.05, 3.63) is 0 Å². The van der Waals surface area contributed by atoms with Crippen molar-refractivity contribution in [3.8, 4) is 0 Å². The van der Waals surface area contributed by atoms with Crippen molar-refractivity contribution in [2.24, 2.45) is 10.9 Å². The molecule has 17 heavy (non-hydrogen) atoms. The average molecular weight is 254 g/mol. The van der Waals surface area contributed by atoms with Gasteiger partial charge in [-0.1, -0.05) is 24.6 Å². The molecule has 3 nitrogen and oxygen atoms in total. The topological polar surface area (TPSA) is 33.6 Å². The second-order valence-electron chi connectivity index (χ2n) is 5.60. The van der Waals surface area contributed by atoms with E-state index in [4.69, 9.17) is 9.73 Å². The minimum Gasteiger partial charge on any atom is -0.381 e. The first kappa shape index (κ1) is 11.8. The third kappa shape index (κ3) is 2.79. The normalized spacial score (nSPS) is 31.2. The Morgan fingerprint density at radius 3 is 2.82 bits per heavy atom. The van der Waals surface area contributed by atoms with Crippen molar-refractivity contribution in [2.75, 3.05) is 25.5 Å². The van der Waals surface area contributed by atoms with Crippen molar-refractivity contribution in [1.29, 1.82) is 0 Å². The molecule has 1 aliphatic carbocycles. The van der Waals surface area contributed by atoms with Crippen molar-refractivity contribution >= 4 is 16.9 Å². The molecule has 0 atom stereocenters. The van der Waals surface area contributed by atoms with E-state index in [1.165, 1.54) is 49.4 Å². The van der Waals surface area contributed by atoms with Gasteiger partial charge in [0.25, 0.3) is 0 Å². The van der Waals surface area contributed by atoms with E-state index in [1.54, 1.807) is 0 Å². The minimum atomic E-state index is 0.416. The first-order valence-electron chi connectivity index (χ1n) is 6.90. The van der Waals surface area contributed by atoms with Crippen LogP contribution < -0.4 is 5.32 Å². The van der Waals surface area contributed by atoms with Gasteiger partial charge in [0, 0.05) is 31.1 Å². The number of rotatable bonds is 2. The fourth-order valence-electron chi connectivity index (χ4n) is 3.05. The van der Waals surface area contributed by atoms with Crippen molar-refractivity contribution in [1.82, 2.24) is 5.32 Å². The Balaban J connectivity index is 1.51. The molecule has 0 bridgehead atoms. The van der Waals surface area contributed by atoms with Crippen LogP contribution in [0.15, 0.2) is 4.99 Å². The standard InChI is InChI=1S/C13H22N2OS/c1-2-6-13(5-1)10-17-12(15-13)14-9-11-3-7-16-8-4-11/h11H,1-10H2,(H,14,15). The van der Waals surface area contributed by atoms with Crippen molar-refractivity contribution in [3.63, 3.8) is 0 Å². The third-order valence-corrected chi connectivity index (χ3v) is 5.45. The Morgan fingerprint density at radius 2 is 2.06 bits per heavy atom. The van der Waals surface area contributed by atoms with E-state index in [0.29, 0.717) is 5.54 Å². The van der Waals surface area contributed by atoms with Crippen LogP contribution in [0.5, 0.6) is 0 Å². The fraction of sp³-hybridized carbons (Fsp3) is 0.923. The zero-order valence-corrected chi connectivity index (χ0v) is 11.2. The molecule has 0 unspecified atom stereocenters. The molecular formula is C13H22N2OS. The summed E-state index contributed by atoms with van der Waals surface area (Å²) >= 11 is 1.93. The number of nitrogens with zero attached hydrogens (tertiary/aromatic N) is 1. The molecule has 1 saturated carbocycles. The zero-order valence-electron chi connectivity index (χ0n) is 10.4. The van der Waals surface area contributed by atoms with Crippen LogP contribution in [0, 0.1) is 5.92 Å². The summed E-state index contributed by atoms with van der Waals surface area (Å²) in [5, 5.41) is 4.89. The Kier molecular flexibility index (Phi) is 3.61. The van der Waals surface area contributed by atoms with Gasteiger partial charge in [-0.2, -0.15) is 0 Å². The van der Waals surface area contributed by atoms with Crippen LogP contribution in [-0.2, 0) is 4.74 Å². The molecule has 3 fully saturated rings. The minimum absolute atomic E-state index is 0.416. The highest BCUT2D eigenvalue weighted by atomic mass is 32.2. The molecule has 0 aromatic heterocycles. The summed E-state index contributed by atoms with van der Waals surface area (Å²) in [5.41, 5.74) is 0.416. The lowest BCUT2D eigenvalue weighted by molar-refractivity contribution is 0.0689. The zero-order chi connectivity index (χ0) is 11.6. The predicted molar refractivity (Wildman–Crippen MR) is 72.6 cm³/mol. The summed E-state index contributed by atoms with van der Waals surface area (Å²) < 4.78 is 5.38. The number of ether oxygens (including phenoxy) is 1. The molecule has 2 heterocycles. The van der Waals surface area contributed by atoms with Gasteiger partial charge in [0.1, 0.15) is 0 Å². The van der Waals surface area contributed by atoms with Crippen LogP contribution in [-0.4, -0.2) is 36.2 Å². The van der Waals surface area contributed by atoms with E-state index >= 15 is 0 Å². The summed E-state index contributed by atoms with van der Waals surface area (Å²) in [7, 11) is 0. The largest absolute Gasteiger partial charge is 0.381 e. The van der Waals surface area contributed by atoms with E-state index in [0.717, 1.165) is 25.7 Å². The lowest BCUT2D eigenvalue weighted by atomic mass is 10.0. The van der Waals surface area contributed by atoms with Crippen LogP contribution in [0.4, 0.5) is 0 Å². The van der Waals surface area contributed by atoms with E-state index in [9.17, 15) is 0 Å². The molecule has 2 aliphatic heterocycles. The van der Waals surface area contributed by atoms with Crippen LogP contribution in [0.25, 0.3) is 0 Å². The molecule has 96 valence electrons. The molecule has 0 amide bonds. The summed E-state index contributed by atoms with van der Waals surface area (Å²) in [4.78, 5) is 4.78. The van der Waals surface area contributed by atoms with Crippen LogP contribution in [0.3, 0.4) is 0 Å². The van der Waals surface area contributed by atoms with Crippen LogP contribution >= 0.6 is 11.8 Å². The van der Waals surface area contributed by atoms with E-state index in [-0.39, 0.29) is 0 Å². The molecule has 1 spiro atoms. The number of thioether (sulfide) groups is 1. The van der Waals surface area contributed by atoms with Crippen LogP contribution in [0.2, 0.25) is 0 Å². The van der Waals surface area contributed by atoms with Crippen molar-refractivity contribution in [2.45, 2.75) is 44.1 Å². The molecule has 3 rings (SSSR count). The quantitative estimate of drug-likeness (QED) is 0.821. The molecular weight excluding hydrogens is 232 g/mol. The van der Waals surface area contributed by atoms with Gasteiger partial charge < -0.3 is 10.1 Å². The monoisotopic (exact) mass is 254 g/mol. The molecule has 1 N–H and O–H groups in total. The first-order chi connectivity index (χ1) is 8.36. The number of hydrogen-bond donors (Lipinski definition) is 1. The fourth-order valence-corrected chi connectivity index (χ4v) is 4.28. The molecule has 2 saturated heterocycles. The molecule has 4 heteroatoms. The second kappa shape index (κ2) is 5.19. The maximum Gasteiger partial charge on any atom is 0.157 e. The van der Waals surface area contributed by atoms with Gasteiger partial charge in [-0.3, -0.25) is 4.99 Å². The average Bonchev–Trinajstić information content (AvgIpc) is 2.99. The number of hydrogen-bond acceptors (Lipinski definition) is 3. The SMILES string of the molecule is C1CCC2(C1)CSC(=NCC1CCOCC1)N2. The van der Waals surface area contributed by atoms with Gasteiger partial charge >= 0.3 is 0 Å². The Bertz CT molecular complexity index is 294. The van der Waals surface area contributed by atoms with E-state index < -0.39 is 0 Å². The second-order valence-corrected chi connectivity index (χ2v) is 6.57. The first-order valence-corrected chi connectivity index (χ1v) is 7.88. The molecule has 3 aliphatic rings. The van der Waals surface area contributed by atoms with Gasteiger partial charge in [0.05, 0.1) is 0 Å². The van der Waals surface area contributed by atoms with Crippen LogP contribution in [0.1, 0.15) is 38.5 Å².